The quantitative estimate of drug-likeness (QED) is 0.405. The molecule has 1 aliphatic rings. The number of rotatable bonds is 11. The van der Waals surface area contributed by atoms with Crippen molar-refractivity contribution in [1.82, 2.24) is 10.2 Å². The molecule has 0 radical (unpaired) electrons. The Morgan fingerprint density at radius 1 is 1.00 bits per heavy atom. The van der Waals surface area contributed by atoms with Gasteiger partial charge in [-0.2, -0.15) is 0 Å². The summed E-state index contributed by atoms with van der Waals surface area (Å²) < 4.78 is 0. The fraction of sp³-hybridized carbons (Fsp3) is 0.367. The maximum absolute atomic E-state index is 13.5. The van der Waals surface area contributed by atoms with Crippen LogP contribution in [0.5, 0.6) is 0 Å². The lowest BCUT2D eigenvalue weighted by Crippen LogP contribution is -2.49. The second-order valence-corrected chi connectivity index (χ2v) is 9.40. The number of nitrogens with one attached hydrogen (secondary N) is 1. The smallest absolute Gasteiger partial charge is 0.258 e. The Kier molecular flexibility index (Phi) is 8.04. The fourth-order valence-electron chi connectivity index (χ4n) is 4.99. The molecule has 0 aliphatic carbocycles. The normalized spacial score (nSPS) is 13.2. The van der Waals surface area contributed by atoms with Crippen LogP contribution in [0.3, 0.4) is 0 Å². The molecule has 6 nitrogen and oxygen atoms in total. The fourth-order valence-corrected chi connectivity index (χ4v) is 4.99. The average Bonchev–Trinajstić information content (AvgIpc) is 3.16. The van der Waals surface area contributed by atoms with Crippen LogP contribution in [-0.4, -0.2) is 41.8 Å². The predicted molar refractivity (Wildman–Crippen MR) is 144 cm³/mol. The van der Waals surface area contributed by atoms with E-state index in [1.165, 1.54) is 0 Å². The molecule has 3 aromatic rings. The highest BCUT2D eigenvalue weighted by Gasteiger charge is 2.31. The first-order valence-corrected chi connectivity index (χ1v) is 12.9. The number of hydrogen-bond donors (Lipinski definition) is 1. The lowest BCUT2D eigenvalue weighted by molar-refractivity contribution is -0.141. The Balaban J connectivity index is 1.49. The van der Waals surface area contributed by atoms with Gasteiger partial charge in [-0.1, -0.05) is 62.4 Å². The molecule has 0 spiro atoms. The van der Waals surface area contributed by atoms with Gasteiger partial charge >= 0.3 is 0 Å². The molecule has 1 aliphatic heterocycles. The van der Waals surface area contributed by atoms with Gasteiger partial charge < -0.3 is 15.1 Å². The van der Waals surface area contributed by atoms with Crippen LogP contribution in [0, 0.1) is 6.92 Å². The third-order valence-corrected chi connectivity index (χ3v) is 6.96. The van der Waals surface area contributed by atoms with Crippen LogP contribution in [-0.2, 0) is 16.1 Å². The van der Waals surface area contributed by atoms with Gasteiger partial charge in [0.25, 0.3) is 5.91 Å². The van der Waals surface area contributed by atoms with E-state index in [-0.39, 0.29) is 24.1 Å². The third-order valence-electron chi connectivity index (χ3n) is 6.96. The van der Waals surface area contributed by atoms with Gasteiger partial charge in [0.15, 0.2) is 0 Å². The summed E-state index contributed by atoms with van der Waals surface area (Å²) in [5.41, 5.74) is 3.74. The van der Waals surface area contributed by atoms with E-state index < -0.39 is 6.04 Å². The highest BCUT2D eigenvalue weighted by atomic mass is 16.2. The average molecular weight is 486 g/mol. The van der Waals surface area contributed by atoms with Crippen molar-refractivity contribution in [3.63, 3.8) is 0 Å². The second kappa shape index (κ2) is 11.4. The Morgan fingerprint density at radius 2 is 1.75 bits per heavy atom. The van der Waals surface area contributed by atoms with Gasteiger partial charge in [-0.15, -0.1) is 0 Å². The molecule has 6 heteroatoms. The lowest BCUT2D eigenvalue weighted by Gasteiger charge is -2.31. The van der Waals surface area contributed by atoms with Gasteiger partial charge in [0.05, 0.1) is 5.69 Å². The van der Waals surface area contributed by atoms with E-state index in [1.807, 2.05) is 81.4 Å². The summed E-state index contributed by atoms with van der Waals surface area (Å²) in [5.74, 6) is -0.200. The molecule has 36 heavy (non-hydrogen) atoms. The Morgan fingerprint density at radius 3 is 2.47 bits per heavy atom. The molecule has 0 saturated carbocycles. The topological polar surface area (TPSA) is 69.7 Å². The molecule has 0 aromatic heterocycles. The van der Waals surface area contributed by atoms with Gasteiger partial charge in [0, 0.05) is 37.0 Å². The van der Waals surface area contributed by atoms with Crippen molar-refractivity contribution in [3.05, 3.63) is 77.4 Å². The van der Waals surface area contributed by atoms with Crippen molar-refractivity contribution in [2.75, 3.05) is 18.0 Å². The minimum Gasteiger partial charge on any atom is -0.354 e. The number of nitrogens with zero attached hydrogens (tertiary/aromatic N) is 2. The number of amides is 3. The van der Waals surface area contributed by atoms with Crippen molar-refractivity contribution in [1.29, 1.82) is 0 Å². The summed E-state index contributed by atoms with van der Waals surface area (Å²) in [6, 6.07) is 19.2. The summed E-state index contributed by atoms with van der Waals surface area (Å²) in [5, 5.41) is 4.99. The SMILES string of the molecule is CCCNC(=O)[C@H](CC)N(Cc1ccccc1C)C(=O)CCCN1C(=O)c2cccc3cccc1c23. The van der Waals surface area contributed by atoms with Gasteiger partial charge in [-0.3, -0.25) is 14.4 Å². The molecule has 3 amide bonds. The minimum absolute atomic E-state index is 0.0172. The molecule has 3 aromatic carbocycles. The molecule has 0 bridgehead atoms. The predicted octanol–water partition coefficient (Wildman–Crippen LogP) is 5.22. The summed E-state index contributed by atoms with van der Waals surface area (Å²) >= 11 is 0. The monoisotopic (exact) mass is 485 g/mol. The van der Waals surface area contributed by atoms with Gasteiger partial charge in [-0.25, -0.2) is 0 Å². The number of carbonyl (C=O) groups excluding carboxylic acids is 3. The number of carbonyl (C=O) groups is 3. The molecule has 188 valence electrons. The molecular formula is C30H35N3O3. The number of aryl methyl sites for hydroxylation is 1. The van der Waals surface area contributed by atoms with E-state index in [1.54, 1.807) is 9.80 Å². The van der Waals surface area contributed by atoms with E-state index in [4.69, 9.17) is 0 Å². The van der Waals surface area contributed by atoms with Crippen molar-refractivity contribution in [2.45, 2.75) is 59.0 Å². The van der Waals surface area contributed by atoms with Crippen LogP contribution in [0.25, 0.3) is 10.8 Å². The van der Waals surface area contributed by atoms with Crippen molar-refractivity contribution in [3.8, 4) is 0 Å². The lowest BCUT2D eigenvalue weighted by atomic mass is 10.0. The minimum atomic E-state index is -0.532. The van der Waals surface area contributed by atoms with E-state index >= 15 is 0 Å². The van der Waals surface area contributed by atoms with Crippen LogP contribution in [0.15, 0.2) is 60.7 Å². The Bertz CT molecular complexity index is 1260. The van der Waals surface area contributed by atoms with E-state index in [2.05, 4.69) is 5.32 Å². The van der Waals surface area contributed by atoms with Crippen molar-refractivity contribution in [2.24, 2.45) is 0 Å². The molecule has 4 rings (SSSR count). The first-order valence-electron chi connectivity index (χ1n) is 12.9. The molecule has 1 atom stereocenters. The molecular weight excluding hydrogens is 450 g/mol. The highest BCUT2D eigenvalue weighted by Crippen LogP contribution is 2.37. The van der Waals surface area contributed by atoms with E-state index in [0.29, 0.717) is 38.0 Å². The van der Waals surface area contributed by atoms with Gasteiger partial charge in [0.2, 0.25) is 11.8 Å². The Labute approximate surface area is 213 Å². The van der Waals surface area contributed by atoms with Gasteiger partial charge in [0.1, 0.15) is 6.04 Å². The maximum atomic E-state index is 13.5. The first-order chi connectivity index (χ1) is 17.5. The number of hydrogen-bond acceptors (Lipinski definition) is 3. The second-order valence-electron chi connectivity index (χ2n) is 9.40. The highest BCUT2D eigenvalue weighted by molar-refractivity contribution is 6.25. The van der Waals surface area contributed by atoms with E-state index in [9.17, 15) is 14.4 Å². The molecule has 0 fully saturated rings. The summed E-state index contributed by atoms with van der Waals surface area (Å²) in [7, 11) is 0. The zero-order valence-corrected chi connectivity index (χ0v) is 21.4. The third kappa shape index (κ3) is 5.13. The van der Waals surface area contributed by atoms with Gasteiger partial charge in [-0.05, 0) is 54.8 Å². The van der Waals surface area contributed by atoms with Crippen LogP contribution in [0.4, 0.5) is 5.69 Å². The van der Waals surface area contributed by atoms with Crippen LogP contribution >= 0.6 is 0 Å². The standard InChI is InChI=1S/C30H35N3O3/c1-4-18-31-29(35)25(5-2)33(20-23-12-7-6-11-21(23)3)27(34)17-10-19-32-26-16-9-14-22-13-8-15-24(28(22)26)30(32)36/h6-9,11-16,25H,4-5,10,17-20H2,1-3H3,(H,31,35)/t25-/m0/s1. The molecule has 0 saturated heterocycles. The van der Waals surface area contributed by atoms with Crippen LogP contribution < -0.4 is 10.2 Å². The molecule has 0 unspecified atom stereocenters. The number of anilines is 1. The largest absolute Gasteiger partial charge is 0.354 e. The number of benzene rings is 3. The van der Waals surface area contributed by atoms with E-state index in [0.717, 1.165) is 34.0 Å². The zero-order chi connectivity index (χ0) is 25.7. The Hall–Kier alpha value is -3.67. The maximum Gasteiger partial charge on any atom is 0.258 e. The van der Waals surface area contributed by atoms with Crippen molar-refractivity contribution >= 4 is 34.2 Å². The van der Waals surface area contributed by atoms with Crippen molar-refractivity contribution < 1.29 is 14.4 Å². The van der Waals surface area contributed by atoms with Crippen LogP contribution in [0.2, 0.25) is 0 Å². The summed E-state index contributed by atoms with van der Waals surface area (Å²) in [6.45, 7) is 7.40. The molecule has 1 heterocycles. The van der Waals surface area contributed by atoms with Crippen LogP contribution in [0.1, 0.15) is 61.0 Å². The zero-order valence-electron chi connectivity index (χ0n) is 21.4. The molecule has 1 N–H and O–H groups in total. The summed E-state index contributed by atoms with van der Waals surface area (Å²) in [4.78, 5) is 43.1. The summed E-state index contributed by atoms with van der Waals surface area (Å²) in [6.07, 6.45) is 2.16. The first kappa shape index (κ1) is 25.4.